The summed E-state index contributed by atoms with van der Waals surface area (Å²) in [5.41, 5.74) is 2.48. The van der Waals surface area contributed by atoms with Gasteiger partial charge in [0.1, 0.15) is 12.4 Å². The Bertz CT molecular complexity index is 749. The predicted molar refractivity (Wildman–Crippen MR) is 111 cm³/mol. The van der Waals surface area contributed by atoms with Gasteiger partial charge in [-0.15, -0.1) is 0 Å². The van der Waals surface area contributed by atoms with Gasteiger partial charge in [-0.05, 0) is 42.5 Å². The van der Waals surface area contributed by atoms with Gasteiger partial charge in [0.2, 0.25) is 0 Å². The monoisotopic (exact) mass is 398 g/mol. The van der Waals surface area contributed by atoms with Gasteiger partial charge in [-0.25, -0.2) is 4.79 Å². The summed E-state index contributed by atoms with van der Waals surface area (Å²) in [6, 6.07) is 18.5. The third-order valence-electron chi connectivity index (χ3n) is 5.24. The molecule has 0 spiro atoms. The Morgan fingerprint density at radius 3 is 2.34 bits per heavy atom. The van der Waals surface area contributed by atoms with E-state index in [1.165, 1.54) is 18.2 Å². The van der Waals surface area contributed by atoms with Gasteiger partial charge < -0.3 is 18.9 Å². The second kappa shape index (κ2) is 10.4. The van der Waals surface area contributed by atoms with E-state index in [-0.39, 0.29) is 0 Å². The molecule has 1 saturated heterocycles. The first-order valence-electron chi connectivity index (χ1n) is 10.2. The third kappa shape index (κ3) is 6.31. The second-order valence-electron chi connectivity index (χ2n) is 7.59. The van der Waals surface area contributed by atoms with E-state index in [4.69, 9.17) is 18.9 Å². The molecule has 1 heterocycles. The second-order valence-corrected chi connectivity index (χ2v) is 7.59. The van der Waals surface area contributed by atoms with E-state index in [0.29, 0.717) is 25.7 Å². The molecule has 1 fully saturated rings. The third-order valence-corrected chi connectivity index (χ3v) is 5.24. The standard InChI is InChI=1S/C24H30O5/c1-24(23(25)26-2)28-17-21(18-29-24)11-7-6-8-19-12-14-22(15-13-19)27-16-20-9-4-3-5-10-20/h3-5,9-10,12-15,21H,6-8,11,16-18H2,1-2H3. The van der Waals surface area contributed by atoms with Crippen molar-refractivity contribution in [1.29, 1.82) is 0 Å². The molecule has 0 amide bonds. The average Bonchev–Trinajstić information content (AvgIpc) is 2.77. The number of rotatable bonds is 9. The molecule has 0 N–H and O–H groups in total. The Kier molecular flexibility index (Phi) is 7.67. The minimum absolute atomic E-state index is 0.321. The van der Waals surface area contributed by atoms with Crippen LogP contribution in [0, 0.1) is 5.92 Å². The minimum atomic E-state index is -1.25. The molecule has 0 bridgehead atoms. The van der Waals surface area contributed by atoms with Gasteiger partial charge in [-0.2, -0.15) is 0 Å². The quantitative estimate of drug-likeness (QED) is 0.459. The van der Waals surface area contributed by atoms with Crippen molar-refractivity contribution < 1.29 is 23.7 Å². The zero-order valence-electron chi connectivity index (χ0n) is 17.3. The van der Waals surface area contributed by atoms with Crippen LogP contribution < -0.4 is 4.74 Å². The molecule has 2 aromatic rings. The number of carbonyl (C=O) groups excluding carboxylic acids is 1. The molecule has 0 atom stereocenters. The van der Waals surface area contributed by atoms with Crippen LogP contribution in [0.5, 0.6) is 5.75 Å². The Hall–Kier alpha value is -2.37. The number of ether oxygens (including phenoxy) is 4. The number of methoxy groups -OCH3 is 1. The summed E-state index contributed by atoms with van der Waals surface area (Å²) in [6.45, 7) is 3.25. The van der Waals surface area contributed by atoms with Crippen LogP contribution in [0.1, 0.15) is 37.3 Å². The number of carbonyl (C=O) groups is 1. The highest BCUT2D eigenvalue weighted by Crippen LogP contribution is 2.25. The molecule has 156 valence electrons. The lowest BCUT2D eigenvalue weighted by molar-refractivity contribution is -0.272. The summed E-state index contributed by atoms with van der Waals surface area (Å²) in [5, 5.41) is 0. The first kappa shape index (κ1) is 21.3. The lowest BCUT2D eigenvalue weighted by atomic mass is 10.00. The Labute approximate surface area is 172 Å². The van der Waals surface area contributed by atoms with Gasteiger partial charge in [0.05, 0.1) is 20.3 Å². The Morgan fingerprint density at radius 1 is 1.00 bits per heavy atom. The van der Waals surface area contributed by atoms with Gasteiger partial charge in [-0.1, -0.05) is 48.9 Å². The SMILES string of the molecule is COC(=O)C1(C)OCC(CCCCc2ccc(OCc3ccccc3)cc2)CO1. The number of hydrogen-bond acceptors (Lipinski definition) is 5. The molecular formula is C24H30O5. The van der Waals surface area contributed by atoms with Crippen molar-refractivity contribution in [2.45, 2.75) is 45.0 Å². The van der Waals surface area contributed by atoms with Crippen LogP contribution in [0.25, 0.3) is 0 Å². The largest absolute Gasteiger partial charge is 0.489 e. The van der Waals surface area contributed by atoms with E-state index >= 15 is 0 Å². The summed E-state index contributed by atoms with van der Waals surface area (Å²) >= 11 is 0. The molecule has 29 heavy (non-hydrogen) atoms. The van der Waals surface area contributed by atoms with Gasteiger partial charge in [0, 0.05) is 12.8 Å². The van der Waals surface area contributed by atoms with Crippen molar-refractivity contribution in [3.63, 3.8) is 0 Å². The molecule has 5 heteroatoms. The highest BCUT2D eigenvalue weighted by atomic mass is 16.7. The summed E-state index contributed by atoms with van der Waals surface area (Å²) in [7, 11) is 1.34. The topological polar surface area (TPSA) is 54.0 Å². The van der Waals surface area contributed by atoms with Gasteiger partial charge in [-0.3, -0.25) is 0 Å². The first-order valence-corrected chi connectivity index (χ1v) is 10.2. The molecular weight excluding hydrogens is 368 g/mol. The maximum absolute atomic E-state index is 11.7. The first-order chi connectivity index (χ1) is 14.1. The fraction of sp³-hybridized carbons (Fsp3) is 0.458. The summed E-state index contributed by atoms with van der Waals surface area (Å²) in [6.07, 6.45) is 4.26. The smallest absolute Gasteiger partial charge is 0.366 e. The van der Waals surface area contributed by atoms with E-state index in [1.54, 1.807) is 6.92 Å². The van der Waals surface area contributed by atoms with Crippen LogP contribution >= 0.6 is 0 Å². The van der Waals surface area contributed by atoms with Crippen molar-refractivity contribution in [3.8, 4) is 5.75 Å². The molecule has 1 aliphatic heterocycles. The van der Waals surface area contributed by atoms with Crippen LogP contribution in [0.15, 0.2) is 54.6 Å². The van der Waals surface area contributed by atoms with Crippen LogP contribution in [-0.4, -0.2) is 32.1 Å². The molecule has 5 nitrogen and oxygen atoms in total. The summed E-state index contributed by atoms with van der Waals surface area (Å²) < 4.78 is 21.8. The molecule has 0 saturated carbocycles. The van der Waals surface area contributed by atoms with Gasteiger partial charge >= 0.3 is 5.97 Å². The van der Waals surface area contributed by atoms with E-state index in [9.17, 15) is 4.79 Å². The van der Waals surface area contributed by atoms with Crippen molar-refractivity contribution in [2.24, 2.45) is 5.92 Å². The van der Waals surface area contributed by atoms with Crippen molar-refractivity contribution in [3.05, 3.63) is 65.7 Å². The minimum Gasteiger partial charge on any atom is -0.489 e. The highest BCUT2D eigenvalue weighted by molar-refractivity contribution is 5.77. The van der Waals surface area contributed by atoms with Crippen LogP contribution in [0.3, 0.4) is 0 Å². The highest BCUT2D eigenvalue weighted by Gasteiger charge is 2.41. The fourth-order valence-corrected chi connectivity index (χ4v) is 3.37. The van der Waals surface area contributed by atoms with Gasteiger partial charge in [0.25, 0.3) is 5.79 Å². The van der Waals surface area contributed by atoms with E-state index in [2.05, 4.69) is 24.3 Å². The number of benzene rings is 2. The Balaban J connectivity index is 1.32. The maximum Gasteiger partial charge on any atom is 0.366 e. The molecule has 1 aliphatic rings. The van der Waals surface area contributed by atoms with Crippen LogP contribution in [0.2, 0.25) is 0 Å². The predicted octanol–water partition coefficient (Wildman–Crippen LogP) is 4.53. The number of aryl methyl sites for hydroxylation is 1. The molecule has 3 rings (SSSR count). The molecule has 0 aromatic heterocycles. The van der Waals surface area contributed by atoms with E-state index in [0.717, 1.165) is 31.4 Å². The number of esters is 1. The van der Waals surface area contributed by atoms with E-state index in [1.807, 2.05) is 30.3 Å². The Morgan fingerprint density at radius 2 is 1.69 bits per heavy atom. The van der Waals surface area contributed by atoms with Crippen molar-refractivity contribution >= 4 is 5.97 Å². The van der Waals surface area contributed by atoms with Crippen molar-refractivity contribution in [1.82, 2.24) is 0 Å². The zero-order valence-corrected chi connectivity index (χ0v) is 17.3. The number of unbranched alkanes of at least 4 members (excludes halogenated alkanes) is 1. The van der Waals surface area contributed by atoms with E-state index < -0.39 is 11.8 Å². The number of hydrogen-bond donors (Lipinski definition) is 0. The van der Waals surface area contributed by atoms with Crippen LogP contribution in [-0.2, 0) is 32.0 Å². The molecule has 0 radical (unpaired) electrons. The average molecular weight is 398 g/mol. The summed E-state index contributed by atoms with van der Waals surface area (Å²) in [5.74, 6) is -0.522. The lowest BCUT2D eigenvalue weighted by Gasteiger charge is -2.35. The molecule has 2 aromatic carbocycles. The van der Waals surface area contributed by atoms with Gasteiger partial charge in [0.15, 0.2) is 0 Å². The molecule has 0 unspecified atom stereocenters. The maximum atomic E-state index is 11.7. The normalized spacial score (nSPS) is 21.5. The zero-order chi connectivity index (χ0) is 20.5. The molecule has 0 aliphatic carbocycles. The summed E-state index contributed by atoms with van der Waals surface area (Å²) in [4.78, 5) is 11.7. The van der Waals surface area contributed by atoms with Crippen LogP contribution in [0.4, 0.5) is 0 Å². The fourth-order valence-electron chi connectivity index (χ4n) is 3.37. The lowest BCUT2D eigenvalue weighted by Crippen LogP contribution is -2.48. The van der Waals surface area contributed by atoms with Crippen molar-refractivity contribution in [2.75, 3.05) is 20.3 Å².